The molecule has 1 rings (SSSR count). The van der Waals surface area contributed by atoms with Gasteiger partial charge in [-0.05, 0) is 44.8 Å². The first-order chi connectivity index (χ1) is 6.72. The highest BCUT2D eigenvalue weighted by Crippen LogP contribution is 2.30. The molecule has 14 heavy (non-hydrogen) atoms. The maximum Gasteiger partial charge on any atom is 0.0581 e. The minimum Gasteiger partial charge on any atom is -0.381 e. The van der Waals surface area contributed by atoms with E-state index in [4.69, 9.17) is 10.5 Å². The lowest BCUT2D eigenvalue weighted by Gasteiger charge is -2.27. The lowest BCUT2D eigenvalue weighted by Crippen LogP contribution is -2.24. The fraction of sp³-hybridized carbons (Fsp3) is 1.00. The van der Waals surface area contributed by atoms with Crippen molar-refractivity contribution in [2.75, 3.05) is 12.9 Å². The molecule has 3 heteroatoms. The van der Waals surface area contributed by atoms with Crippen LogP contribution < -0.4 is 5.73 Å². The highest BCUT2D eigenvalue weighted by molar-refractivity contribution is 7.99. The number of hydrogen-bond donors (Lipinski definition) is 1. The Balaban J connectivity index is 2.11. The summed E-state index contributed by atoms with van der Waals surface area (Å²) in [6, 6.07) is 0.351. The fourth-order valence-corrected chi connectivity index (χ4v) is 3.41. The van der Waals surface area contributed by atoms with Gasteiger partial charge < -0.3 is 10.5 Å². The molecule has 0 aromatic rings. The largest absolute Gasteiger partial charge is 0.381 e. The van der Waals surface area contributed by atoms with Gasteiger partial charge in [-0.25, -0.2) is 0 Å². The Labute approximate surface area is 92.0 Å². The van der Waals surface area contributed by atoms with Crippen LogP contribution in [0.4, 0.5) is 0 Å². The summed E-state index contributed by atoms with van der Waals surface area (Å²) in [4.78, 5) is 0. The summed E-state index contributed by atoms with van der Waals surface area (Å²) >= 11 is 2.08. The summed E-state index contributed by atoms with van der Waals surface area (Å²) in [5.74, 6) is 1.21. The molecule has 0 spiro atoms. The molecule has 0 aromatic heterocycles. The van der Waals surface area contributed by atoms with Gasteiger partial charge in [0.1, 0.15) is 0 Å². The van der Waals surface area contributed by atoms with Crippen molar-refractivity contribution in [3.63, 3.8) is 0 Å². The van der Waals surface area contributed by atoms with Gasteiger partial charge in [0, 0.05) is 18.4 Å². The van der Waals surface area contributed by atoms with Gasteiger partial charge in [-0.1, -0.05) is 0 Å². The minimum atomic E-state index is 0.351. The third-order valence-corrected chi connectivity index (χ3v) is 4.21. The molecule has 2 N–H and O–H groups in total. The fourth-order valence-electron chi connectivity index (χ4n) is 1.89. The summed E-state index contributed by atoms with van der Waals surface area (Å²) in [6.07, 6.45) is 6.83. The van der Waals surface area contributed by atoms with E-state index in [0.717, 1.165) is 11.7 Å². The van der Waals surface area contributed by atoms with Crippen molar-refractivity contribution in [3.8, 4) is 0 Å². The van der Waals surface area contributed by atoms with Crippen LogP contribution in [0.3, 0.4) is 0 Å². The second kappa shape index (κ2) is 6.70. The molecule has 1 saturated carbocycles. The Morgan fingerprint density at radius 1 is 1.50 bits per heavy atom. The van der Waals surface area contributed by atoms with Crippen LogP contribution in [0.5, 0.6) is 0 Å². The van der Waals surface area contributed by atoms with E-state index in [0.29, 0.717) is 12.1 Å². The lowest BCUT2D eigenvalue weighted by molar-refractivity contribution is 0.0730. The molecule has 0 amide bonds. The first-order valence-corrected chi connectivity index (χ1v) is 6.67. The third-order valence-electron chi connectivity index (χ3n) is 2.84. The van der Waals surface area contributed by atoms with Crippen molar-refractivity contribution < 1.29 is 4.74 Å². The topological polar surface area (TPSA) is 35.2 Å². The molecule has 0 heterocycles. The van der Waals surface area contributed by atoms with Gasteiger partial charge in [-0.15, -0.1) is 0 Å². The molecule has 0 aromatic carbocycles. The Kier molecular flexibility index (Phi) is 5.90. The van der Waals surface area contributed by atoms with Crippen LogP contribution in [0.1, 0.15) is 39.0 Å². The summed E-state index contributed by atoms with van der Waals surface area (Å²) in [7, 11) is 1.83. The van der Waals surface area contributed by atoms with E-state index in [1.54, 1.807) is 0 Å². The van der Waals surface area contributed by atoms with Crippen LogP contribution in [0.2, 0.25) is 0 Å². The van der Waals surface area contributed by atoms with E-state index in [9.17, 15) is 0 Å². The van der Waals surface area contributed by atoms with Crippen molar-refractivity contribution in [1.82, 2.24) is 0 Å². The second-order valence-electron chi connectivity index (χ2n) is 4.28. The van der Waals surface area contributed by atoms with Crippen LogP contribution >= 0.6 is 11.8 Å². The van der Waals surface area contributed by atoms with Crippen LogP contribution in [0.25, 0.3) is 0 Å². The second-order valence-corrected chi connectivity index (χ2v) is 5.69. The Morgan fingerprint density at radius 2 is 2.29 bits per heavy atom. The van der Waals surface area contributed by atoms with E-state index in [2.05, 4.69) is 18.7 Å². The van der Waals surface area contributed by atoms with E-state index in [1.165, 1.54) is 31.4 Å². The summed E-state index contributed by atoms with van der Waals surface area (Å²) in [5.41, 5.74) is 5.72. The Bertz CT molecular complexity index is 152. The molecule has 1 aliphatic rings. The number of ether oxygens (including phenoxy) is 1. The average Bonchev–Trinajstić information content (AvgIpc) is 2.18. The number of nitrogens with two attached hydrogens (primary N) is 1. The maximum atomic E-state index is 5.72. The van der Waals surface area contributed by atoms with Gasteiger partial charge in [-0.3, -0.25) is 0 Å². The van der Waals surface area contributed by atoms with Crippen molar-refractivity contribution in [3.05, 3.63) is 0 Å². The van der Waals surface area contributed by atoms with Crippen LogP contribution in [0.15, 0.2) is 0 Å². The smallest absolute Gasteiger partial charge is 0.0581 e. The van der Waals surface area contributed by atoms with Gasteiger partial charge in [0.05, 0.1) is 6.10 Å². The zero-order valence-electron chi connectivity index (χ0n) is 9.37. The molecule has 2 nitrogen and oxygen atoms in total. The molecular weight excluding hydrogens is 194 g/mol. The first-order valence-electron chi connectivity index (χ1n) is 5.62. The zero-order chi connectivity index (χ0) is 10.4. The first kappa shape index (κ1) is 12.3. The molecule has 84 valence electrons. The molecule has 3 unspecified atom stereocenters. The highest BCUT2D eigenvalue weighted by Gasteiger charge is 2.21. The Hall–Kier alpha value is 0.270. The van der Waals surface area contributed by atoms with E-state index in [1.807, 2.05) is 7.11 Å². The quantitative estimate of drug-likeness (QED) is 0.768. The molecule has 1 aliphatic carbocycles. The molecular formula is C11H23NOS. The predicted molar refractivity (Wildman–Crippen MR) is 63.8 cm³/mol. The van der Waals surface area contributed by atoms with Crippen molar-refractivity contribution in [1.29, 1.82) is 0 Å². The van der Waals surface area contributed by atoms with E-state index in [-0.39, 0.29) is 0 Å². The van der Waals surface area contributed by atoms with Gasteiger partial charge in [0.15, 0.2) is 0 Å². The molecule has 3 atom stereocenters. The SMILES string of the molecule is COC1CCCC(SCCC(C)N)C1. The standard InChI is InChI=1S/C11H23NOS/c1-9(12)6-7-14-11-5-3-4-10(8-11)13-2/h9-11H,3-8,12H2,1-2H3. The van der Waals surface area contributed by atoms with Gasteiger partial charge in [0.2, 0.25) is 0 Å². The maximum absolute atomic E-state index is 5.72. The minimum absolute atomic E-state index is 0.351. The third kappa shape index (κ3) is 4.67. The predicted octanol–water partition coefficient (Wildman–Crippen LogP) is 2.41. The average molecular weight is 217 g/mol. The highest BCUT2D eigenvalue weighted by atomic mass is 32.2. The van der Waals surface area contributed by atoms with Crippen molar-refractivity contribution in [2.45, 2.75) is 56.4 Å². The van der Waals surface area contributed by atoms with Gasteiger partial charge >= 0.3 is 0 Å². The van der Waals surface area contributed by atoms with E-state index < -0.39 is 0 Å². The van der Waals surface area contributed by atoms with Gasteiger partial charge in [0.25, 0.3) is 0 Å². The summed E-state index contributed by atoms with van der Waals surface area (Å²) in [6.45, 7) is 2.08. The molecule has 0 saturated heterocycles. The van der Waals surface area contributed by atoms with E-state index >= 15 is 0 Å². The molecule has 1 fully saturated rings. The van der Waals surface area contributed by atoms with Crippen LogP contribution in [0, 0.1) is 0 Å². The molecule has 0 bridgehead atoms. The van der Waals surface area contributed by atoms with Crippen molar-refractivity contribution in [2.24, 2.45) is 5.73 Å². The number of hydrogen-bond acceptors (Lipinski definition) is 3. The van der Waals surface area contributed by atoms with Crippen LogP contribution in [-0.2, 0) is 4.74 Å². The number of rotatable bonds is 5. The normalized spacial score (nSPS) is 30.2. The lowest BCUT2D eigenvalue weighted by atomic mass is 9.97. The number of thioether (sulfide) groups is 1. The summed E-state index contributed by atoms with van der Waals surface area (Å²) in [5, 5.41) is 0.812. The van der Waals surface area contributed by atoms with Crippen LogP contribution in [-0.4, -0.2) is 30.3 Å². The zero-order valence-corrected chi connectivity index (χ0v) is 10.2. The monoisotopic (exact) mass is 217 g/mol. The van der Waals surface area contributed by atoms with Gasteiger partial charge in [-0.2, -0.15) is 11.8 Å². The number of methoxy groups -OCH3 is 1. The van der Waals surface area contributed by atoms with Crippen molar-refractivity contribution >= 4 is 11.8 Å². The Morgan fingerprint density at radius 3 is 2.93 bits per heavy atom. The summed E-state index contributed by atoms with van der Waals surface area (Å²) < 4.78 is 5.41. The molecule has 0 radical (unpaired) electrons. The molecule has 0 aliphatic heterocycles.